The minimum Gasteiger partial charge on any atom is -0.515 e. The summed E-state index contributed by atoms with van der Waals surface area (Å²) < 4.78 is 4.60. The van der Waals surface area contributed by atoms with Gasteiger partial charge in [0.25, 0.3) is 0 Å². The number of aliphatic hydroxyl groups is 1. The third kappa shape index (κ3) is 4.86. The average Bonchev–Trinajstić information content (AvgIpc) is 2.59. The van der Waals surface area contributed by atoms with E-state index >= 15 is 0 Å². The number of hydrogen-bond acceptors (Lipinski definition) is 3. The monoisotopic (exact) mass is 330 g/mol. The van der Waals surface area contributed by atoms with Crippen molar-refractivity contribution in [3.63, 3.8) is 0 Å². The third-order valence-corrected chi connectivity index (χ3v) is 3.90. The van der Waals surface area contributed by atoms with Crippen LogP contribution >= 0.6 is 11.6 Å². The summed E-state index contributed by atoms with van der Waals surface area (Å²) in [6.07, 6.45) is 2.91. The van der Waals surface area contributed by atoms with Crippen LogP contribution in [-0.2, 0) is 16.0 Å². The second-order valence-corrected chi connectivity index (χ2v) is 5.64. The largest absolute Gasteiger partial charge is 0.515 e. The van der Waals surface area contributed by atoms with Crippen LogP contribution in [0.2, 0.25) is 5.02 Å². The van der Waals surface area contributed by atoms with E-state index in [0.717, 1.165) is 35.3 Å². The molecule has 0 saturated heterocycles. The summed E-state index contributed by atoms with van der Waals surface area (Å²) in [7, 11) is 1.31. The molecule has 0 aliphatic rings. The lowest BCUT2D eigenvalue weighted by molar-refractivity contribution is -0.136. The number of aryl methyl sites for hydroxylation is 1. The predicted octanol–water partition coefficient (Wildman–Crippen LogP) is 4.94. The van der Waals surface area contributed by atoms with E-state index < -0.39 is 5.97 Å². The number of benzene rings is 2. The van der Waals surface area contributed by atoms with Crippen molar-refractivity contribution in [3.8, 4) is 11.1 Å². The van der Waals surface area contributed by atoms with Crippen molar-refractivity contribution >= 4 is 17.6 Å². The Morgan fingerprint density at radius 3 is 2.17 bits per heavy atom. The van der Waals surface area contributed by atoms with E-state index in [1.54, 1.807) is 0 Å². The molecule has 0 radical (unpaired) electrons. The van der Waals surface area contributed by atoms with Gasteiger partial charge in [-0.3, -0.25) is 0 Å². The van der Waals surface area contributed by atoms with Crippen LogP contribution < -0.4 is 0 Å². The van der Waals surface area contributed by atoms with E-state index in [1.165, 1.54) is 12.7 Å². The topological polar surface area (TPSA) is 46.5 Å². The number of hydrogen-bond donors (Lipinski definition) is 1. The molecule has 0 fully saturated rings. The Morgan fingerprint density at radius 2 is 1.65 bits per heavy atom. The van der Waals surface area contributed by atoms with Crippen LogP contribution in [0.1, 0.15) is 18.4 Å². The summed E-state index contributed by atoms with van der Waals surface area (Å²) in [6.45, 7) is 0. The van der Waals surface area contributed by atoms with E-state index in [1.807, 2.05) is 24.3 Å². The van der Waals surface area contributed by atoms with Crippen molar-refractivity contribution in [1.82, 2.24) is 0 Å². The highest BCUT2D eigenvalue weighted by molar-refractivity contribution is 6.30. The van der Waals surface area contributed by atoms with Gasteiger partial charge in [-0.2, -0.15) is 0 Å². The summed E-state index contributed by atoms with van der Waals surface area (Å²) in [5, 5.41) is 9.76. The lowest BCUT2D eigenvalue weighted by atomic mass is 10.0. The molecule has 4 heteroatoms. The first-order chi connectivity index (χ1) is 11.1. The van der Waals surface area contributed by atoms with Crippen molar-refractivity contribution in [1.29, 1.82) is 0 Å². The molecule has 120 valence electrons. The molecule has 0 unspecified atom stereocenters. The zero-order chi connectivity index (χ0) is 16.7. The molecule has 1 N–H and O–H groups in total. The van der Waals surface area contributed by atoms with Crippen LogP contribution in [-0.4, -0.2) is 18.2 Å². The van der Waals surface area contributed by atoms with Crippen molar-refractivity contribution < 1.29 is 14.6 Å². The molecule has 0 aliphatic carbocycles. The summed E-state index contributed by atoms with van der Waals surface area (Å²) >= 11 is 5.90. The molecular formula is C19H19ClO3. The number of halogens is 1. The molecule has 0 spiro atoms. The molecule has 2 aromatic rings. The Kier molecular flexibility index (Phi) is 6.24. The molecule has 0 saturated carbocycles. The molecule has 0 amide bonds. The fraction of sp³-hybridized carbons (Fsp3) is 0.211. The Balaban J connectivity index is 1.93. The molecule has 23 heavy (non-hydrogen) atoms. The predicted molar refractivity (Wildman–Crippen MR) is 92.6 cm³/mol. The van der Waals surface area contributed by atoms with Crippen molar-refractivity contribution in [2.45, 2.75) is 19.3 Å². The van der Waals surface area contributed by atoms with Crippen molar-refractivity contribution in [2.75, 3.05) is 7.11 Å². The number of aliphatic hydroxyl groups excluding tert-OH is 1. The molecule has 0 atom stereocenters. The molecular weight excluding hydrogens is 312 g/mol. The smallest absolute Gasteiger partial charge is 0.336 e. The maximum Gasteiger partial charge on any atom is 0.336 e. The van der Waals surface area contributed by atoms with E-state index in [-0.39, 0.29) is 0 Å². The number of carbonyl (C=O) groups is 1. The van der Waals surface area contributed by atoms with Gasteiger partial charge in [0, 0.05) is 5.02 Å². The zero-order valence-electron chi connectivity index (χ0n) is 13.0. The highest BCUT2D eigenvalue weighted by atomic mass is 35.5. The number of methoxy groups -OCH3 is 1. The highest BCUT2D eigenvalue weighted by Crippen LogP contribution is 2.22. The first kappa shape index (κ1) is 17.1. The molecule has 0 heterocycles. The Hall–Kier alpha value is -2.26. The molecule has 2 aromatic carbocycles. The Labute approximate surface area is 141 Å². The molecule has 0 bridgehead atoms. The van der Waals surface area contributed by atoms with E-state index in [2.05, 4.69) is 29.0 Å². The first-order valence-corrected chi connectivity index (χ1v) is 7.78. The zero-order valence-corrected chi connectivity index (χ0v) is 13.7. The minimum absolute atomic E-state index is 0.297. The first-order valence-electron chi connectivity index (χ1n) is 7.40. The normalized spacial score (nSPS) is 11.3. The van der Waals surface area contributed by atoms with Crippen LogP contribution in [0, 0.1) is 0 Å². The van der Waals surface area contributed by atoms with E-state index in [9.17, 15) is 4.79 Å². The van der Waals surface area contributed by atoms with Crippen LogP contribution in [0.15, 0.2) is 60.4 Å². The third-order valence-electron chi connectivity index (χ3n) is 3.65. The van der Waals surface area contributed by atoms with Gasteiger partial charge in [0.05, 0.1) is 18.9 Å². The average molecular weight is 331 g/mol. The molecule has 0 aliphatic heterocycles. The number of rotatable bonds is 6. The van der Waals surface area contributed by atoms with Crippen molar-refractivity contribution in [2.24, 2.45) is 0 Å². The van der Waals surface area contributed by atoms with Crippen LogP contribution in [0.5, 0.6) is 0 Å². The van der Waals surface area contributed by atoms with Crippen LogP contribution in [0.4, 0.5) is 0 Å². The summed E-state index contributed by atoms with van der Waals surface area (Å²) in [4.78, 5) is 11.4. The van der Waals surface area contributed by atoms with Gasteiger partial charge in [0.1, 0.15) is 0 Å². The van der Waals surface area contributed by atoms with Gasteiger partial charge in [-0.1, -0.05) is 48.0 Å². The second kappa shape index (κ2) is 8.39. The molecule has 2 rings (SSSR count). The Bertz CT molecular complexity index is 673. The lowest BCUT2D eigenvalue weighted by Crippen LogP contribution is -2.05. The number of carbonyl (C=O) groups excluding carboxylic acids is 1. The van der Waals surface area contributed by atoms with Gasteiger partial charge in [-0.25, -0.2) is 4.79 Å². The van der Waals surface area contributed by atoms with Gasteiger partial charge >= 0.3 is 5.97 Å². The van der Waals surface area contributed by atoms with Gasteiger partial charge in [0.2, 0.25) is 0 Å². The highest BCUT2D eigenvalue weighted by Gasteiger charge is 2.09. The molecule has 0 aromatic heterocycles. The SMILES string of the molecule is COC(=O)/C(=C\O)CCCc1ccc(-c2ccc(Cl)cc2)cc1. The minimum atomic E-state index is -0.481. The summed E-state index contributed by atoms with van der Waals surface area (Å²) in [5.74, 6) is -0.481. The van der Waals surface area contributed by atoms with E-state index in [4.69, 9.17) is 16.7 Å². The quantitative estimate of drug-likeness (QED) is 0.463. The van der Waals surface area contributed by atoms with Gasteiger partial charge in [-0.05, 0) is 48.1 Å². The molecule has 3 nitrogen and oxygen atoms in total. The lowest BCUT2D eigenvalue weighted by Gasteiger charge is -2.06. The maximum atomic E-state index is 11.4. The van der Waals surface area contributed by atoms with E-state index in [0.29, 0.717) is 12.0 Å². The van der Waals surface area contributed by atoms with Gasteiger partial charge in [-0.15, -0.1) is 0 Å². The number of ether oxygens (including phenoxy) is 1. The second-order valence-electron chi connectivity index (χ2n) is 5.20. The summed E-state index contributed by atoms with van der Waals surface area (Å²) in [6, 6.07) is 16.0. The Morgan fingerprint density at radius 1 is 1.09 bits per heavy atom. The standard InChI is InChI=1S/C19H19ClO3/c1-23-19(22)17(13-21)4-2-3-14-5-7-15(8-6-14)16-9-11-18(20)12-10-16/h5-13,21H,2-4H2,1H3/b17-13-. The van der Waals surface area contributed by atoms with Crippen LogP contribution in [0.25, 0.3) is 11.1 Å². The van der Waals surface area contributed by atoms with Gasteiger partial charge in [0.15, 0.2) is 0 Å². The van der Waals surface area contributed by atoms with Gasteiger partial charge < -0.3 is 9.84 Å². The number of esters is 1. The maximum absolute atomic E-state index is 11.4. The van der Waals surface area contributed by atoms with Crippen LogP contribution in [0.3, 0.4) is 0 Å². The summed E-state index contributed by atoms with van der Waals surface area (Å²) in [5.41, 5.74) is 3.74. The fourth-order valence-electron chi connectivity index (χ4n) is 2.34. The van der Waals surface area contributed by atoms with Crippen molar-refractivity contribution in [3.05, 3.63) is 71.0 Å². The fourth-order valence-corrected chi connectivity index (χ4v) is 2.47.